The van der Waals surface area contributed by atoms with Gasteiger partial charge in [0.05, 0.1) is 33.5 Å². The average Bonchev–Trinajstić information content (AvgIpc) is 2.70. The molecule has 3 rings (SSSR count). The van der Waals surface area contributed by atoms with Gasteiger partial charge in [0.1, 0.15) is 6.61 Å². The van der Waals surface area contributed by atoms with Crippen molar-refractivity contribution in [1.82, 2.24) is 0 Å². The number of hydrogen-bond acceptors (Lipinski definition) is 4. The van der Waals surface area contributed by atoms with E-state index in [0.29, 0.717) is 33.2 Å². The van der Waals surface area contributed by atoms with Crippen LogP contribution >= 0.6 is 50.7 Å². The lowest BCUT2D eigenvalue weighted by Gasteiger charge is -2.14. The molecule has 0 amide bonds. The van der Waals surface area contributed by atoms with Crippen molar-refractivity contribution in [2.75, 3.05) is 12.5 Å². The lowest BCUT2D eigenvalue weighted by molar-refractivity contribution is 0.282. The molecule has 0 aromatic heterocycles. The molecule has 3 aromatic carbocycles. The number of anilines is 1. The smallest absolute Gasteiger partial charge is 0.175 e. The number of hydrazone groups is 1. The standard InChI is InChI=1S/C21H16BrCl3N2O2/c1-28-20-9-13(11-26-27-15-6-7-18(24)19(25)10-15)8-16(22)21(20)29-12-14-4-2-3-5-17(14)23/h2-11,27H,12H2,1H3. The van der Waals surface area contributed by atoms with Gasteiger partial charge in [0.25, 0.3) is 0 Å². The number of methoxy groups -OCH3 is 1. The van der Waals surface area contributed by atoms with Crippen LogP contribution in [0.3, 0.4) is 0 Å². The Morgan fingerprint density at radius 2 is 1.79 bits per heavy atom. The first-order valence-corrected chi connectivity index (χ1v) is 10.4. The normalized spacial score (nSPS) is 10.9. The fraction of sp³-hybridized carbons (Fsp3) is 0.0952. The summed E-state index contributed by atoms with van der Waals surface area (Å²) >= 11 is 21.6. The summed E-state index contributed by atoms with van der Waals surface area (Å²) in [5, 5.41) is 5.82. The summed E-state index contributed by atoms with van der Waals surface area (Å²) in [5.41, 5.74) is 5.33. The highest BCUT2D eigenvalue weighted by Crippen LogP contribution is 2.37. The fourth-order valence-corrected chi connectivity index (χ4v) is 3.53. The first-order chi connectivity index (χ1) is 14.0. The third-order valence-electron chi connectivity index (χ3n) is 3.91. The molecule has 0 heterocycles. The maximum atomic E-state index is 6.19. The number of hydrogen-bond donors (Lipinski definition) is 1. The molecule has 0 saturated carbocycles. The molecule has 8 heteroatoms. The van der Waals surface area contributed by atoms with E-state index < -0.39 is 0 Å². The maximum absolute atomic E-state index is 6.19. The molecular weight excluding hydrogens is 499 g/mol. The van der Waals surface area contributed by atoms with Crippen molar-refractivity contribution in [2.24, 2.45) is 5.10 Å². The van der Waals surface area contributed by atoms with Crippen LogP contribution < -0.4 is 14.9 Å². The molecular formula is C21H16BrCl3N2O2. The van der Waals surface area contributed by atoms with Gasteiger partial charge in [-0.05, 0) is 57.9 Å². The highest BCUT2D eigenvalue weighted by molar-refractivity contribution is 9.10. The van der Waals surface area contributed by atoms with Crippen LogP contribution in [0.25, 0.3) is 0 Å². The van der Waals surface area contributed by atoms with Crippen LogP contribution in [0.5, 0.6) is 11.5 Å². The molecule has 0 bridgehead atoms. The average molecular weight is 515 g/mol. The summed E-state index contributed by atoms with van der Waals surface area (Å²) in [6, 6.07) is 16.4. The van der Waals surface area contributed by atoms with Gasteiger partial charge < -0.3 is 9.47 Å². The lowest BCUT2D eigenvalue weighted by Crippen LogP contribution is -2.00. The number of nitrogens with zero attached hydrogens (tertiary/aromatic N) is 1. The number of ether oxygens (including phenoxy) is 2. The molecule has 1 N–H and O–H groups in total. The summed E-state index contributed by atoms with van der Waals surface area (Å²) in [6.45, 7) is 0.320. The highest BCUT2D eigenvalue weighted by atomic mass is 79.9. The maximum Gasteiger partial charge on any atom is 0.175 e. The van der Waals surface area contributed by atoms with Gasteiger partial charge in [0, 0.05) is 10.6 Å². The van der Waals surface area contributed by atoms with E-state index in [1.807, 2.05) is 36.4 Å². The highest BCUT2D eigenvalue weighted by Gasteiger charge is 2.12. The molecule has 3 aromatic rings. The van der Waals surface area contributed by atoms with Crippen LogP contribution in [-0.4, -0.2) is 13.3 Å². The number of nitrogens with one attached hydrogen (secondary N) is 1. The summed E-state index contributed by atoms with van der Waals surface area (Å²) in [6.07, 6.45) is 1.66. The molecule has 0 atom stereocenters. The second-order valence-corrected chi connectivity index (χ2v) is 7.99. The van der Waals surface area contributed by atoms with E-state index in [9.17, 15) is 0 Å². The van der Waals surface area contributed by atoms with Gasteiger partial charge in [-0.25, -0.2) is 0 Å². The molecule has 0 aliphatic heterocycles. The van der Waals surface area contributed by atoms with Gasteiger partial charge in [0.2, 0.25) is 0 Å². The van der Waals surface area contributed by atoms with Crippen molar-refractivity contribution in [3.05, 3.63) is 85.3 Å². The van der Waals surface area contributed by atoms with Crippen molar-refractivity contribution in [3.8, 4) is 11.5 Å². The van der Waals surface area contributed by atoms with E-state index in [0.717, 1.165) is 21.3 Å². The van der Waals surface area contributed by atoms with Gasteiger partial charge in [-0.3, -0.25) is 5.43 Å². The minimum absolute atomic E-state index is 0.320. The Balaban J connectivity index is 1.73. The molecule has 0 aliphatic carbocycles. The molecule has 0 unspecified atom stereocenters. The first kappa shape index (κ1) is 21.8. The van der Waals surface area contributed by atoms with Crippen molar-refractivity contribution < 1.29 is 9.47 Å². The van der Waals surface area contributed by atoms with E-state index in [4.69, 9.17) is 44.3 Å². The largest absolute Gasteiger partial charge is 0.493 e. The fourth-order valence-electron chi connectivity index (χ4n) is 2.47. The Kier molecular flexibility index (Phi) is 7.67. The van der Waals surface area contributed by atoms with E-state index in [-0.39, 0.29) is 0 Å². The van der Waals surface area contributed by atoms with Crippen molar-refractivity contribution >= 4 is 62.6 Å². The predicted molar refractivity (Wildman–Crippen MR) is 124 cm³/mol. The van der Waals surface area contributed by atoms with Crippen molar-refractivity contribution in [3.63, 3.8) is 0 Å². The number of benzene rings is 3. The summed E-state index contributed by atoms with van der Waals surface area (Å²) in [5.74, 6) is 1.16. The quantitative estimate of drug-likeness (QED) is 0.263. The van der Waals surface area contributed by atoms with Crippen LogP contribution in [0.2, 0.25) is 15.1 Å². The topological polar surface area (TPSA) is 42.8 Å². The summed E-state index contributed by atoms with van der Waals surface area (Å²) < 4.78 is 12.1. The van der Waals surface area contributed by atoms with E-state index in [1.165, 1.54) is 0 Å². The van der Waals surface area contributed by atoms with E-state index in [2.05, 4.69) is 26.5 Å². The zero-order valence-corrected chi connectivity index (χ0v) is 19.1. The van der Waals surface area contributed by atoms with Gasteiger partial charge in [-0.1, -0.05) is 53.0 Å². The monoisotopic (exact) mass is 512 g/mol. The zero-order valence-electron chi connectivity index (χ0n) is 15.3. The van der Waals surface area contributed by atoms with Crippen LogP contribution in [0.1, 0.15) is 11.1 Å². The van der Waals surface area contributed by atoms with Gasteiger partial charge in [-0.15, -0.1) is 0 Å². The zero-order chi connectivity index (χ0) is 20.8. The van der Waals surface area contributed by atoms with Crippen LogP contribution in [-0.2, 0) is 6.61 Å². The molecule has 0 saturated heterocycles. The Labute approximate surface area is 192 Å². The molecule has 0 spiro atoms. The van der Waals surface area contributed by atoms with Crippen LogP contribution in [0.4, 0.5) is 5.69 Å². The third kappa shape index (κ3) is 5.80. The summed E-state index contributed by atoms with van der Waals surface area (Å²) in [7, 11) is 1.58. The van der Waals surface area contributed by atoms with E-state index >= 15 is 0 Å². The Bertz CT molecular complexity index is 1040. The molecule has 150 valence electrons. The second kappa shape index (κ2) is 10.2. The van der Waals surface area contributed by atoms with Crippen molar-refractivity contribution in [2.45, 2.75) is 6.61 Å². The van der Waals surface area contributed by atoms with E-state index in [1.54, 1.807) is 31.5 Å². The minimum atomic E-state index is 0.320. The van der Waals surface area contributed by atoms with Gasteiger partial charge >= 0.3 is 0 Å². The molecule has 4 nitrogen and oxygen atoms in total. The molecule has 0 aliphatic rings. The molecule has 29 heavy (non-hydrogen) atoms. The van der Waals surface area contributed by atoms with Crippen LogP contribution in [0.15, 0.2) is 64.2 Å². The summed E-state index contributed by atoms with van der Waals surface area (Å²) in [4.78, 5) is 0. The predicted octanol–water partition coefficient (Wildman–Crippen LogP) is 7.44. The van der Waals surface area contributed by atoms with Crippen molar-refractivity contribution in [1.29, 1.82) is 0 Å². The number of rotatable bonds is 7. The minimum Gasteiger partial charge on any atom is -0.493 e. The Morgan fingerprint density at radius 1 is 1.00 bits per heavy atom. The Hall–Kier alpha value is -1.92. The second-order valence-electron chi connectivity index (χ2n) is 5.91. The van der Waals surface area contributed by atoms with Crippen LogP contribution in [0, 0.1) is 0 Å². The SMILES string of the molecule is COc1cc(C=NNc2ccc(Cl)c(Cl)c2)cc(Br)c1OCc1ccccc1Cl. The van der Waals surface area contributed by atoms with Gasteiger partial charge in [0.15, 0.2) is 11.5 Å². The Morgan fingerprint density at radius 3 is 2.52 bits per heavy atom. The lowest BCUT2D eigenvalue weighted by atomic mass is 10.2. The number of halogens is 4. The molecule has 0 radical (unpaired) electrons. The molecule has 0 fully saturated rings. The third-order valence-corrected chi connectivity index (χ3v) is 5.61. The van der Waals surface area contributed by atoms with Gasteiger partial charge in [-0.2, -0.15) is 5.10 Å². The first-order valence-electron chi connectivity index (χ1n) is 8.46.